The monoisotopic (exact) mass is 290 g/mol. The van der Waals surface area contributed by atoms with Crippen molar-refractivity contribution in [1.29, 1.82) is 0 Å². The quantitative estimate of drug-likeness (QED) is 0.651. The Morgan fingerprint density at radius 1 is 1.26 bits per heavy atom. The fourth-order valence-electron chi connectivity index (χ4n) is 2.11. The van der Waals surface area contributed by atoms with Crippen LogP contribution in [0.1, 0.15) is 13.8 Å². The van der Waals surface area contributed by atoms with Gasteiger partial charge < -0.3 is 15.5 Å². The minimum atomic E-state index is -0.916. The Balaban J connectivity index is 0.00000180. The third-order valence-electron chi connectivity index (χ3n) is 3.21. The van der Waals surface area contributed by atoms with E-state index in [1.54, 1.807) is 18.7 Å². The van der Waals surface area contributed by atoms with Crippen LogP contribution in [0.2, 0.25) is 0 Å². The second kappa shape index (κ2) is 5.75. The third kappa shape index (κ3) is 3.16. The lowest BCUT2D eigenvalue weighted by Crippen LogP contribution is -2.50. The van der Waals surface area contributed by atoms with Gasteiger partial charge in [0.25, 0.3) is 5.91 Å². The molecular formula is C11H19ClN4O3. The third-order valence-corrected chi connectivity index (χ3v) is 3.21. The van der Waals surface area contributed by atoms with Crippen molar-refractivity contribution in [3.8, 4) is 0 Å². The Kier molecular flexibility index (Phi) is 4.75. The second-order valence-electron chi connectivity index (χ2n) is 5.08. The lowest BCUT2D eigenvalue weighted by atomic mass is 10.1. The van der Waals surface area contributed by atoms with Gasteiger partial charge in [-0.15, -0.1) is 12.4 Å². The number of amides is 4. The molecule has 7 nitrogen and oxygen atoms in total. The Labute approximate surface area is 118 Å². The van der Waals surface area contributed by atoms with Crippen LogP contribution in [0.25, 0.3) is 0 Å². The van der Waals surface area contributed by atoms with E-state index in [0.717, 1.165) is 18.0 Å². The van der Waals surface area contributed by atoms with Crippen LogP contribution < -0.4 is 10.6 Å². The maximum Gasteiger partial charge on any atom is 0.325 e. The molecule has 2 aliphatic heterocycles. The molecule has 0 spiro atoms. The summed E-state index contributed by atoms with van der Waals surface area (Å²) in [5.74, 6) is -0.534. The van der Waals surface area contributed by atoms with Crippen LogP contribution in [0.3, 0.4) is 0 Å². The molecule has 19 heavy (non-hydrogen) atoms. The molecule has 2 N–H and O–H groups in total. The maximum absolute atomic E-state index is 12.0. The summed E-state index contributed by atoms with van der Waals surface area (Å²) in [4.78, 5) is 38.2. The van der Waals surface area contributed by atoms with Crippen molar-refractivity contribution in [2.45, 2.75) is 19.4 Å². The molecule has 0 aromatic heterocycles. The van der Waals surface area contributed by atoms with E-state index in [2.05, 4.69) is 10.6 Å². The summed E-state index contributed by atoms with van der Waals surface area (Å²) >= 11 is 0. The smallest absolute Gasteiger partial charge is 0.325 e. The van der Waals surface area contributed by atoms with Gasteiger partial charge in [0.1, 0.15) is 12.1 Å². The predicted octanol–water partition coefficient (Wildman–Crippen LogP) is -0.830. The summed E-state index contributed by atoms with van der Waals surface area (Å²) < 4.78 is 0. The molecule has 8 heteroatoms. The second-order valence-corrected chi connectivity index (χ2v) is 5.08. The largest absolute Gasteiger partial charge is 0.339 e. The summed E-state index contributed by atoms with van der Waals surface area (Å²) in [6.45, 7) is 5.81. The van der Waals surface area contributed by atoms with Crippen molar-refractivity contribution in [3.05, 3.63) is 0 Å². The van der Waals surface area contributed by atoms with E-state index in [9.17, 15) is 14.4 Å². The van der Waals surface area contributed by atoms with Crippen LogP contribution in [0.4, 0.5) is 4.79 Å². The van der Waals surface area contributed by atoms with Crippen molar-refractivity contribution in [2.75, 3.05) is 32.7 Å². The highest BCUT2D eigenvalue weighted by Gasteiger charge is 2.45. The van der Waals surface area contributed by atoms with Gasteiger partial charge in [-0.2, -0.15) is 0 Å². The number of urea groups is 1. The van der Waals surface area contributed by atoms with Crippen LogP contribution in [0.15, 0.2) is 0 Å². The molecule has 0 atom stereocenters. The number of nitrogens with zero attached hydrogens (tertiary/aromatic N) is 2. The molecule has 0 aromatic carbocycles. The molecule has 2 heterocycles. The Bertz CT molecular complexity index is 393. The van der Waals surface area contributed by atoms with E-state index in [-0.39, 0.29) is 30.8 Å². The first-order chi connectivity index (χ1) is 8.42. The van der Waals surface area contributed by atoms with Crippen LogP contribution >= 0.6 is 12.4 Å². The average Bonchev–Trinajstić information content (AvgIpc) is 2.52. The van der Waals surface area contributed by atoms with Gasteiger partial charge >= 0.3 is 6.03 Å². The highest BCUT2D eigenvalue weighted by Crippen LogP contribution is 2.16. The Morgan fingerprint density at radius 2 is 1.84 bits per heavy atom. The minimum absolute atomic E-state index is 0. The first kappa shape index (κ1) is 15.7. The van der Waals surface area contributed by atoms with E-state index < -0.39 is 11.6 Å². The minimum Gasteiger partial charge on any atom is -0.339 e. The van der Waals surface area contributed by atoms with Gasteiger partial charge in [0.2, 0.25) is 5.91 Å². The zero-order valence-corrected chi connectivity index (χ0v) is 11.9. The molecule has 0 aliphatic carbocycles. The van der Waals surface area contributed by atoms with Crippen LogP contribution in [-0.4, -0.2) is 65.9 Å². The van der Waals surface area contributed by atoms with Crippen molar-refractivity contribution in [1.82, 2.24) is 20.4 Å². The van der Waals surface area contributed by atoms with E-state index in [1.807, 2.05) is 0 Å². The van der Waals surface area contributed by atoms with E-state index in [1.165, 1.54) is 0 Å². The van der Waals surface area contributed by atoms with Gasteiger partial charge in [0, 0.05) is 26.2 Å². The van der Waals surface area contributed by atoms with E-state index >= 15 is 0 Å². The summed E-state index contributed by atoms with van der Waals surface area (Å²) in [6, 6.07) is -0.492. The molecule has 0 saturated carbocycles. The standard InChI is InChI=1S/C11H18N4O3.ClH/c1-11(2)9(17)15(10(18)13-11)7-8(16)14-5-3-12-4-6-14;/h12H,3-7H2,1-2H3,(H,13,18);1H. The highest BCUT2D eigenvalue weighted by atomic mass is 35.5. The van der Waals surface area contributed by atoms with Gasteiger partial charge in [-0.25, -0.2) is 4.79 Å². The zero-order chi connectivity index (χ0) is 13.3. The highest BCUT2D eigenvalue weighted by molar-refractivity contribution is 6.08. The number of carbonyl (C=O) groups is 3. The lowest BCUT2D eigenvalue weighted by Gasteiger charge is -2.28. The Hall–Kier alpha value is -1.34. The summed E-state index contributed by atoms with van der Waals surface area (Å²) in [7, 11) is 0. The van der Waals surface area contributed by atoms with Gasteiger partial charge in [-0.05, 0) is 13.8 Å². The first-order valence-corrected chi connectivity index (χ1v) is 6.04. The fourth-order valence-corrected chi connectivity index (χ4v) is 2.11. The number of piperazine rings is 1. The normalized spacial score (nSPS) is 22.0. The lowest BCUT2D eigenvalue weighted by molar-refractivity contribution is -0.138. The number of carbonyl (C=O) groups excluding carboxylic acids is 3. The molecule has 4 amide bonds. The molecule has 0 bridgehead atoms. The number of hydrogen-bond donors (Lipinski definition) is 2. The molecule has 2 aliphatic rings. The molecule has 0 aromatic rings. The van der Waals surface area contributed by atoms with Gasteiger partial charge in [0.05, 0.1) is 0 Å². The zero-order valence-electron chi connectivity index (χ0n) is 11.1. The fraction of sp³-hybridized carbons (Fsp3) is 0.727. The Morgan fingerprint density at radius 3 is 2.32 bits per heavy atom. The van der Waals surface area contributed by atoms with E-state index in [0.29, 0.717) is 13.1 Å². The van der Waals surface area contributed by atoms with Crippen LogP contribution in [0.5, 0.6) is 0 Å². The topological polar surface area (TPSA) is 81.8 Å². The molecule has 2 fully saturated rings. The van der Waals surface area contributed by atoms with Crippen molar-refractivity contribution in [3.63, 3.8) is 0 Å². The number of rotatable bonds is 2. The van der Waals surface area contributed by atoms with Crippen LogP contribution in [0, 0.1) is 0 Å². The van der Waals surface area contributed by atoms with E-state index in [4.69, 9.17) is 0 Å². The number of halogens is 1. The maximum atomic E-state index is 12.0. The van der Waals surface area contributed by atoms with Crippen molar-refractivity contribution >= 4 is 30.3 Å². The average molecular weight is 291 g/mol. The number of hydrogen-bond acceptors (Lipinski definition) is 4. The van der Waals surface area contributed by atoms with Gasteiger partial charge in [-0.3, -0.25) is 14.5 Å². The number of imide groups is 1. The molecule has 0 radical (unpaired) electrons. The summed E-state index contributed by atoms with van der Waals surface area (Å²) in [5, 5.41) is 5.70. The molecular weight excluding hydrogens is 272 g/mol. The predicted molar refractivity (Wildman–Crippen MR) is 71.0 cm³/mol. The molecule has 2 saturated heterocycles. The first-order valence-electron chi connectivity index (χ1n) is 6.04. The molecule has 2 rings (SSSR count). The summed E-state index contributed by atoms with van der Waals surface area (Å²) in [6.07, 6.45) is 0. The van der Waals surface area contributed by atoms with Gasteiger partial charge in [0.15, 0.2) is 0 Å². The molecule has 0 unspecified atom stereocenters. The van der Waals surface area contributed by atoms with Gasteiger partial charge in [-0.1, -0.05) is 0 Å². The van der Waals surface area contributed by atoms with Crippen molar-refractivity contribution in [2.24, 2.45) is 0 Å². The van der Waals surface area contributed by atoms with Crippen molar-refractivity contribution < 1.29 is 14.4 Å². The number of nitrogens with one attached hydrogen (secondary N) is 2. The SMILES string of the molecule is CC1(C)NC(=O)N(CC(=O)N2CCNCC2)C1=O.Cl. The summed E-state index contributed by atoms with van der Waals surface area (Å²) in [5.41, 5.74) is -0.916. The van der Waals surface area contributed by atoms with Crippen LogP contribution in [-0.2, 0) is 9.59 Å². The molecule has 108 valence electrons.